The van der Waals surface area contributed by atoms with Crippen molar-refractivity contribution in [1.82, 2.24) is 0 Å². The Bertz CT molecular complexity index is 1890. The minimum Gasteiger partial charge on any atom is -0.507 e. The average molecular weight is 723 g/mol. The third-order valence-electron chi connectivity index (χ3n) is 10.4. The Labute approximate surface area is 296 Å². The Hall–Kier alpha value is -4.77. The Morgan fingerprint density at radius 3 is 2.29 bits per heavy atom. The van der Waals surface area contributed by atoms with Crippen LogP contribution in [0, 0.1) is 0 Å². The molecule has 5 aliphatic rings. The molecule has 2 heterocycles. The monoisotopic (exact) mass is 722 g/mol. The first-order chi connectivity index (χ1) is 24.4. The summed E-state index contributed by atoms with van der Waals surface area (Å²) in [7, 11) is 0. The second-order valence-electron chi connectivity index (χ2n) is 13.7. The highest BCUT2D eigenvalue weighted by molar-refractivity contribution is 6.17. The molecule has 1 aromatic rings. The lowest BCUT2D eigenvalue weighted by Gasteiger charge is -2.54. The van der Waals surface area contributed by atoms with Gasteiger partial charge in [0.05, 0.1) is 18.3 Å². The van der Waals surface area contributed by atoms with Gasteiger partial charge in [0.2, 0.25) is 11.4 Å². The van der Waals surface area contributed by atoms with E-state index in [9.17, 15) is 49.5 Å². The first-order valence-electron chi connectivity index (χ1n) is 16.5. The van der Waals surface area contributed by atoms with Gasteiger partial charge in [0.1, 0.15) is 23.6 Å². The minimum atomic E-state index is -2.85. The number of benzene rings is 1. The summed E-state index contributed by atoms with van der Waals surface area (Å²) >= 11 is 0. The number of aromatic hydroxyl groups is 1. The molecule has 6 N–H and O–H groups in total. The predicted octanol–water partition coefficient (Wildman–Crippen LogP) is 1.28. The summed E-state index contributed by atoms with van der Waals surface area (Å²) in [5.74, 6) is -5.24. The fourth-order valence-corrected chi connectivity index (χ4v) is 8.29. The van der Waals surface area contributed by atoms with E-state index < -0.39 is 101 Å². The molecule has 2 saturated heterocycles. The van der Waals surface area contributed by atoms with Crippen molar-refractivity contribution in [2.75, 3.05) is 0 Å². The van der Waals surface area contributed by atoms with E-state index in [4.69, 9.17) is 24.1 Å². The van der Waals surface area contributed by atoms with E-state index in [1.165, 1.54) is 55.5 Å². The number of hydrogen-bond donors (Lipinski definition) is 6. The van der Waals surface area contributed by atoms with Crippen LogP contribution in [-0.2, 0) is 38.1 Å². The van der Waals surface area contributed by atoms with E-state index in [0.29, 0.717) is 5.57 Å². The smallest absolute Gasteiger partial charge is 0.331 e. The number of carbonyl (C=O) groups is 5. The molecule has 0 aromatic heterocycles. The van der Waals surface area contributed by atoms with Gasteiger partial charge in [0, 0.05) is 55.0 Å². The fourth-order valence-electron chi connectivity index (χ4n) is 8.29. The summed E-state index contributed by atoms with van der Waals surface area (Å²) in [6.45, 7) is 4.28. The molecule has 6 rings (SSSR count). The quantitative estimate of drug-likeness (QED) is 0.0958. The maximum atomic E-state index is 14.3. The van der Waals surface area contributed by atoms with Crippen molar-refractivity contribution in [2.24, 2.45) is 0 Å². The van der Waals surface area contributed by atoms with E-state index in [1.54, 1.807) is 13.8 Å². The molecular formula is C37H38O15. The predicted molar refractivity (Wildman–Crippen MR) is 175 cm³/mol. The Balaban J connectivity index is 1.29. The second-order valence-corrected chi connectivity index (χ2v) is 13.7. The summed E-state index contributed by atoms with van der Waals surface area (Å²) in [6, 6.07) is 2.56. The molecule has 10 atom stereocenters. The summed E-state index contributed by atoms with van der Waals surface area (Å²) in [5.41, 5.74) is -10.2. The molecule has 15 nitrogen and oxygen atoms in total. The van der Waals surface area contributed by atoms with E-state index in [0.717, 1.165) is 18.2 Å². The van der Waals surface area contributed by atoms with Crippen LogP contribution in [0.1, 0.15) is 73.7 Å². The van der Waals surface area contributed by atoms with Gasteiger partial charge in [-0.1, -0.05) is 54.2 Å². The zero-order valence-corrected chi connectivity index (χ0v) is 28.3. The molecule has 15 heteroatoms. The Morgan fingerprint density at radius 1 is 0.981 bits per heavy atom. The number of hydrogen-bond acceptors (Lipinski definition) is 14. The Kier molecular flexibility index (Phi) is 9.26. The number of ether oxygens (including phenoxy) is 4. The normalized spacial score (nSPS) is 38.1. The van der Waals surface area contributed by atoms with Crippen molar-refractivity contribution in [3.05, 3.63) is 89.1 Å². The number of phenols is 1. The molecule has 276 valence electrons. The number of rotatable bonds is 8. The van der Waals surface area contributed by atoms with Gasteiger partial charge in [0.25, 0.3) is 0 Å². The van der Waals surface area contributed by atoms with Gasteiger partial charge in [-0.15, -0.1) is 0 Å². The van der Waals surface area contributed by atoms with Gasteiger partial charge < -0.3 is 49.6 Å². The molecule has 0 unspecified atom stereocenters. The highest BCUT2D eigenvalue weighted by Gasteiger charge is 2.96. The van der Waals surface area contributed by atoms with Crippen molar-refractivity contribution < 1.29 is 73.6 Å². The number of carboxylic acid groups (broad SMARTS) is 1. The number of allylic oxidation sites excluding steroid dienone is 6. The van der Waals surface area contributed by atoms with E-state index in [2.05, 4.69) is 0 Å². The molecule has 2 aliphatic heterocycles. The number of fused-ring (bicyclic) bond motifs is 2. The Morgan fingerprint density at radius 2 is 1.63 bits per heavy atom. The lowest BCUT2D eigenvalue weighted by Crippen LogP contribution is -2.78. The van der Waals surface area contributed by atoms with Crippen LogP contribution in [0.3, 0.4) is 0 Å². The van der Waals surface area contributed by atoms with Crippen LogP contribution in [0.25, 0.3) is 0 Å². The third-order valence-corrected chi connectivity index (χ3v) is 10.4. The van der Waals surface area contributed by atoms with Crippen LogP contribution in [-0.4, -0.2) is 107 Å². The summed E-state index contributed by atoms with van der Waals surface area (Å²) in [6.07, 6.45) is 3.02. The summed E-state index contributed by atoms with van der Waals surface area (Å²) < 4.78 is 23.0. The standard InChI is InChI=1S/C37H38O15/c1-18-14-25(39)36(48)34(47,16-18)17-26(40)35-33(46)29-22(32(45)37(35,36)52-35)13-12-21(30(29)44)23-15-24(31(19(2)49-23)50-20(3)38)51-28(43)11-9-7-5-4-6-8-10-27(41)42/h4-14,19,23-24,26,31,33,40,44,46-48H,15-17H2,1-3H3,(H,41,42)/b6-4+,7-5+,10-8+,11-9+/t19-,23-,24-,26+,31-,33+,34-,35+,36-,37-/m1/s1. The van der Waals surface area contributed by atoms with E-state index in [-0.39, 0.29) is 29.5 Å². The van der Waals surface area contributed by atoms with Gasteiger partial charge in [-0.05, 0) is 19.9 Å². The molecule has 52 heavy (non-hydrogen) atoms. The van der Waals surface area contributed by atoms with Gasteiger partial charge in [-0.25, -0.2) is 9.59 Å². The largest absolute Gasteiger partial charge is 0.507 e. The molecule has 0 radical (unpaired) electrons. The first kappa shape index (κ1) is 37.0. The molecule has 3 aliphatic carbocycles. The van der Waals surface area contributed by atoms with Crippen molar-refractivity contribution in [2.45, 2.75) is 99.1 Å². The van der Waals surface area contributed by atoms with Crippen LogP contribution in [0.4, 0.5) is 0 Å². The van der Waals surface area contributed by atoms with E-state index >= 15 is 0 Å². The highest BCUT2D eigenvalue weighted by atomic mass is 16.7. The maximum Gasteiger partial charge on any atom is 0.331 e. The van der Waals surface area contributed by atoms with Crippen molar-refractivity contribution >= 4 is 29.5 Å². The number of ketones is 2. The van der Waals surface area contributed by atoms with Crippen molar-refractivity contribution in [1.29, 1.82) is 0 Å². The molecular weight excluding hydrogens is 684 g/mol. The zero-order chi connectivity index (χ0) is 38.0. The van der Waals surface area contributed by atoms with Gasteiger partial charge >= 0.3 is 17.9 Å². The average Bonchev–Trinajstić information content (AvgIpc) is 3.79. The lowest BCUT2D eigenvalue weighted by atomic mass is 9.50. The number of epoxide rings is 1. The summed E-state index contributed by atoms with van der Waals surface area (Å²) in [4.78, 5) is 62.9. The first-order valence-corrected chi connectivity index (χ1v) is 16.5. The fraction of sp³-hybridized carbons (Fsp3) is 0.432. The number of aliphatic hydroxyl groups is 4. The zero-order valence-electron chi connectivity index (χ0n) is 28.3. The van der Waals surface area contributed by atoms with Crippen LogP contribution >= 0.6 is 0 Å². The maximum absolute atomic E-state index is 14.3. The van der Waals surface area contributed by atoms with Crippen molar-refractivity contribution in [3.63, 3.8) is 0 Å². The lowest BCUT2D eigenvalue weighted by molar-refractivity contribution is -0.210. The summed E-state index contributed by atoms with van der Waals surface area (Å²) in [5, 5.41) is 66.9. The molecule has 3 fully saturated rings. The van der Waals surface area contributed by atoms with Crippen LogP contribution in [0.15, 0.2) is 72.4 Å². The molecule has 0 amide bonds. The number of esters is 2. The molecule has 1 saturated carbocycles. The highest BCUT2D eigenvalue weighted by Crippen LogP contribution is 2.73. The second kappa shape index (κ2) is 13.0. The molecule has 0 spiro atoms. The number of aliphatic carboxylic acids is 1. The van der Waals surface area contributed by atoms with Crippen LogP contribution in [0.5, 0.6) is 5.75 Å². The topological polar surface area (TPSA) is 247 Å². The van der Waals surface area contributed by atoms with Crippen LogP contribution in [0.2, 0.25) is 0 Å². The SMILES string of the molecule is CC(=O)O[C@@H]1[C@@H](C)O[C@@H](c2ccc3c(c2O)[C@H](O)[C@]24O[C@@]2(C3=O)[C@@]2(O)C(=O)C=C(C)C[C@@]2(O)C[C@@H]4O)C[C@H]1OC(=O)/C=C/C=C/C=C/C=C/C(=O)O. The number of carbonyl (C=O) groups excluding carboxylic acids is 4. The number of Topliss-reactive ketones (excluding diaryl/α,β-unsaturated/α-hetero) is 1. The van der Waals surface area contributed by atoms with Gasteiger partial charge in [-0.2, -0.15) is 0 Å². The molecule has 0 bridgehead atoms. The van der Waals surface area contributed by atoms with Crippen molar-refractivity contribution in [3.8, 4) is 5.75 Å². The number of phenolic OH excluding ortho intramolecular Hbond substituents is 1. The number of aliphatic hydroxyl groups excluding tert-OH is 2. The van der Waals surface area contributed by atoms with E-state index in [1.807, 2.05) is 0 Å². The third kappa shape index (κ3) is 5.38. The van der Waals surface area contributed by atoms with Gasteiger partial charge in [-0.3, -0.25) is 14.4 Å². The molecule has 1 aromatic carbocycles. The van der Waals surface area contributed by atoms with Crippen LogP contribution < -0.4 is 0 Å². The number of carboxylic acids is 1. The van der Waals surface area contributed by atoms with Gasteiger partial charge in [0.15, 0.2) is 23.1 Å². The minimum absolute atomic E-state index is 0.0411.